The normalized spacial score (nSPS) is 20.0. The van der Waals surface area contributed by atoms with E-state index in [-0.39, 0.29) is 17.9 Å². The van der Waals surface area contributed by atoms with Crippen molar-refractivity contribution >= 4 is 5.91 Å². The summed E-state index contributed by atoms with van der Waals surface area (Å²) in [4.78, 5) is 14.3. The van der Waals surface area contributed by atoms with E-state index in [4.69, 9.17) is 0 Å². The zero-order valence-corrected chi connectivity index (χ0v) is 14.2. The molecule has 2 atom stereocenters. The van der Waals surface area contributed by atoms with Crippen molar-refractivity contribution in [2.45, 2.75) is 38.3 Å². The van der Waals surface area contributed by atoms with Crippen LogP contribution in [0.15, 0.2) is 24.3 Å². The van der Waals surface area contributed by atoms with Crippen LogP contribution >= 0.6 is 0 Å². The fraction of sp³-hybridized carbons (Fsp3) is 0.611. The number of nitrogens with zero attached hydrogens (tertiary/aromatic N) is 1. The van der Waals surface area contributed by atoms with Gasteiger partial charge in [-0.25, -0.2) is 0 Å². The number of nitrogens with one attached hydrogen (secondary N) is 1. The number of hydrogen-bond donors (Lipinski definition) is 1. The van der Waals surface area contributed by atoms with Gasteiger partial charge in [-0.1, -0.05) is 25.1 Å². The van der Waals surface area contributed by atoms with Crippen molar-refractivity contribution in [2.75, 3.05) is 26.7 Å². The van der Waals surface area contributed by atoms with Crippen molar-refractivity contribution in [3.63, 3.8) is 0 Å². The fourth-order valence-corrected chi connectivity index (χ4v) is 3.43. The van der Waals surface area contributed by atoms with E-state index in [2.05, 4.69) is 5.32 Å². The van der Waals surface area contributed by atoms with Gasteiger partial charge in [0, 0.05) is 19.5 Å². The first-order valence-corrected chi connectivity index (χ1v) is 8.41. The topological polar surface area (TPSA) is 32.3 Å². The van der Waals surface area contributed by atoms with Gasteiger partial charge in [0.1, 0.15) is 0 Å². The molecule has 1 N–H and O–H groups in total. The maximum absolute atomic E-state index is 13.1. The molecular formula is C18H25F3N2O. The van der Waals surface area contributed by atoms with Gasteiger partial charge in [0.25, 0.3) is 0 Å². The molecule has 24 heavy (non-hydrogen) atoms. The number of hydrogen-bond acceptors (Lipinski definition) is 2. The Morgan fingerprint density at radius 3 is 2.75 bits per heavy atom. The zero-order chi connectivity index (χ0) is 17.7. The van der Waals surface area contributed by atoms with Gasteiger partial charge in [0.15, 0.2) is 0 Å². The summed E-state index contributed by atoms with van der Waals surface area (Å²) in [5.74, 6) is -0.0919. The van der Waals surface area contributed by atoms with Crippen LogP contribution < -0.4 is 5.32 Å². The molecule has 1 fully saturated rings. The minimum absolute atomic E-state index is 0.0553. The Hall–Kier alpha value is -1.56. The lowest BCUT2D eigenvalue weighted by Crippen LogP contribution is -2.42. The van der Waals surface area contributed by atoms with Crippen LogP contribution in [0.3, 0.4) is 0 Å². The average Bonchev–Trinajstić information content (AvgIpc) is 2.54. The van der Waals surface area contributed by atoms with Crippen molar-refractivity contribution in [1.29, 1.82) is 0 Å². The van der Waals surface area contributed by atoms with E-state index in [0.717, 1.165) is 25.5 Å². The molecule has 2 rings (SSSR count). The second-order valence-electron chi connectivity index (χ2n) is 6.60. The molecule has 1 aliphatic heterocycles. The Morgan fingerprint density at radius 1 is 1.38 bits per heavy atom. The molecule has 0 aliphatic carbocycles. The monoisotopic (exact) mass is 342 g/mol. The van der Waals surface area contributed by atoms with Crippen LogP contribution in [0.5, 0.6) is 0 Å². The molecule has 1 amide bonds. The minimum Gasteiger partial charge on any atom is -0.342 e. The predicted octanol–water partition coefficient (Wildman–Crippen LogP) is 3.66. The second kappa shape index (κ2) is 8.01. The number of benzene rings is 1. The first-order valence-electron chi connectivity index (χ1n) is 8.41. The SMILES string of the molecule is CNC[C@H]1CCCN(C(=O)C[C@H](C)c2ccccc2C(F)(F)F)C1. The molecule has 6 heteroatoms. The average molecular weight is 342 g/mol. The quantitative estimate of drug-likeness (QED) is 0.886. The highest BCUT2D eigenvalue weighted by Gasteiger charge is 2.35. The minimum atomic E-state index is -4.39. The first-order chi connectivity index (χ1) is 11.3. The van der Waals surface area contributed by atoms with Crippen LogP contribution in [-0.2, 0) is 11.0 Å². The highest BCUT2D eigenvalue weighted by atomic mass is 19.4. The van der Waals surface area contributed by atoms with Crippen molar-refractivity contribution in [2.24, 2.45) is 5.92 Å². The molecule has 3 nitrogen and oxygen atoms in total. The molecular weight excluding hydrogens is 317 g/mol. The maximum atomic E-state index is 13.1. The third kappa shape index (κ3) is 4.72. The summed E-state index contributed by atoms with van der Waals surface area (Å²) in [6.45, 7) is 3.94. The van der Waals surface area contributed by atoms with Gasteiger partial charge >= 0.3 is 6.18 Å². The van der Waals surface area contributed by atoms with E-state index >= 15 is 0 Å². The van der Waals surface area contributed by atoms with Gasteiger partial charge in [0.2, 0.25) is 5.91 Å². The summed E-state index contributed by atoms with van der Waals surface area (Å²) >= 11 is 0. The van der Waals surface area contributed by atoms with Gasteiger partial charge in [0.05, 0.1) is 5.56 Å². The Kier molecular flexibility index (Phi) is 6.27. The number of amides is 1. The summed E-state index contributed by atoms with van der Waals surface area (Å²) < 4.78 is 39.4. The lowest BCUT2D eigenvalue weighted by Gasteiger charge is -2.33. The Bertz CT molecular complexity index is 557. The summed E-state index contributed by atoms with van der Waals surface area (Å²) in [5, 5.41) is 3.12. The van der Waals surface area contributed by atoms with E-state index in [1.54, 1.807) is 17.9 Å². The Labute approximate surface area is 141 Å². The number of halogens is 3. The maximum Gasteiger partial charge on any atom is 0.416 e. The van der Waals surface area contributed by atoms with Crippen LogP contribution in [0.25, 0.3) is 0 Å². The third-order valence-corrected chi connectivity index (χ3v) is 4.64. The van der Waals surface area contributed by atoms with Crippen LogP contribution in [0.1, 0.15) is 43.2 Å². The number of likely N-dealkylation sites (tertiary alicyclic amines) is 1. The van der Waals surface area contributed by atoms with Gasteiger partial charge in [-0.05, 0) is 49.9 Å². The van der Waals surface area contributed by atoms with E-state index in [1.165, 1.54) is 12.1 Å². The van der Waals surface area contributed by atoms with Crippen LogP contribution in [0, 0.1) is 5.92 Å². The van der Waals surface area contributed by atoms with Gasteiger partial charge in [-0.3, -0.25) is 4.79 Å². The van der Waals surface area contributed by atoms with Crippen LogP contribution in [0.2, 0.25) is 0 Å². The summed E-state index contributed by atoms with van der Waals surface area (Å²) in [6.07, 6.45) is -2.25. The molecule has 1 heterocycles. The van der Waals surface area contributed by atoms with Crippen LogP contribution in [-0.4, -0.2) is 37.5 Å². The van der Waals surface area contributed by atoms with Gasteiger partial charge < -0.3 is 10.2 Å². The smallest absolute Gasteiger partial charge is 0.342 e. The Morgan fingerprint density at radius 2 is 2.08 bits per heavy atom. The lowest BCUT2D eigenvalue weighted by atomic mass is 9.91. The molecule has 0 unspecified atom stereocenters. The largest absolute Gasteiger partial charge is 0.416 e. The first kappa shape index (κ1) is 18.8. The number of carbonyl (C=O) groups excluding carboxylic acids is 1. The lowest BCUT2D eigenvalue weighted by molar-refractivity contribution is -0.139. The molecule has 0 saturated carbocycles. The molecule has 134 valence electrons. The molecule has 1 aromatic rings. The second-order valence-corrected chi connectivity index (χ2v) is 6.60. The molecule has 1 saturated heterocycles. The number of rotatable bonds is 5. The summed E-state index contributed by atoms with van der Waals surface area (Å²) in [7, 11) is 1.89. The van der Waals surface area contributed by atoms with Crippen LogP contribution in [0.4, 0.5) is 13.2 Å². The predicted molar refractivity (Wildman–Crippen MR) is 87.7 cm³/mol. The summed E-state index contributed by atoms with van der Waals surface area (Å²) in [6, 6.07) is 5.53. The molecule has 0 radical (unpaired) electrons. The van der Waals surface area contributed by atoms with E-state index in [9.17, 15) is 18.0 Å². The third-order valence-electron chi connectivity index (χ3n) is 4.64. The van der Waals surface area contributed by atoms with Crippen molar-refractivity contribution in [3.05, 3.63) is 35.4 Å². The van der Waals surface area contributed by atoms with Crippen molar-refractivity contribution < 1.29 is 18.0 Å². The van der Waals surface area contributed by atoms with E-state index < -0.39 is 17.7 Å². The number of piperidine rings is 1. The zero-order valence-electron chi connectivity index (χ0n) is 14.2. The number of carbonyl (C=O) groups is 1. The summed E-state index contributed by atoms with van der Waals surface area (Å²) in [5.41, 5.74) is -0.445. The van der Waals surface area contributed by atoms with Crippen molar-refractivity contribution in [3.8, 4) is 0 Å². The fourth-order valence-electron chi connectivity index (χ4n) is 3.43. The number of alkyl halides is 3. The molecule has 0 bridgehead atoms. The standard InChI is InChI=1S/C18H25F3N2O/c1-13(15-7-3-4-8-16(15)18(19,20)21)10-17(24)23-9-5-6-14(12-23)11-22-2/h3-4,7-8,13-14,22H,5-6,9-12H2,1-2H3/t13-,14+/m0/s1. The molecule has 1 aromatic carbocycles. The molecule has 0 spiro atoms. The van der Waals surface area contributed by atoms with Crippen molar-refractivity contribution in [1.82, 2.24) is 10.2 Å². The van der Waals surface area contributed by atoms with E-state index in [0.29, 0.717) is 19.0 Å². The van der Waals surface area contributed by atoms with E-state index in [1.807, 2.05) is 7.05 Å². The Balaban J connectivity index is 2.04. The molecule has 1 aliphatic rings. The highest BCUT2D eigenvalue weighted by Crippen LogP contribution is 2.36. The van der Waals surface area contributed by atoms with Gasteiger partial charge in [-0.2, -0.15) is 13.2 Å². The highest BCUT2D eigenvalue weighted by molar-refractivity contribution is 5.77. The van der Waals surface area contributed by atoms with Gasteiger partial charge in [-0.15, -0.1) is 0 Å². The molecule has 0 aromatic heterocycles.